The first-order valence-electron chi connectivity index (χ1n) is 5.17. The zero-order chi connectivity index (χ0) is 13.1. The fraction of sp³-hybridized carbons (Fsp3) is 0.182. The lowest BCUT2D eigenvalue weighted by Crippen LogP contribution is -2.04. The molecular formula is C11H9BrFN3O2. The summed E-state index contributed by atoms with van der Waals surface area (Å²) in [5.74, 6) is -1.05. The minimum atomic E-state index is -0.587. The lowest BCUT2D eigenvalue weighted by molar-refractivity contribution is 0.0519. The Bertz CT molecular complexity index is 565. The molecule has 0 spiro atoms. The summed E-state index contributed by atoms with van der Waals surface area (Å²) in [6.07, 6.45) is 1.32. The van der Waals surface area contributed by atoms with E-state index in [1.807, 2.05) is 0 Å². The number of para-hydroxylation sites is 1. The standard InChI is InChI=1S/C11H9BrFN3O2/c1-2-18-11(17)9-6-16(15-14-9)10-7(12)4-3-5-8(10)13/h3-6H,2H2,1H3. The van der Waals surface area contributed by atoms with E-state index in [9.17, 15) is 9.18 Å². The normalized spacial score (nSPS) is 10.4. The van der Waals surface area contributed by atoms with Gasteiger partial charge in [0.2, 0.25) is 0 Å². The van der Waals surface area contributed by atoms with Gasteiger partial charge in [-0.25, -0.2) is 13.9 Å². The molecule has 5 nitrogen and oxygen atoms in total. The SMILES string of the molecule is CCOC(=O)c1cn(-c2c(F)cccc2Br)nn1. The van der Waals surface area contributed by atoms with Gasteiger partial charge in [0.1, 0.15) is 11.5 Å². The number of nitrogens with zero attached hydrogens (tertiary/aromatic N) is 3. The highest BCUT2D eigenvalue weighted by Crippen LogP contribution is 2.23. The minimum absolute atomic E-state index is 0.0343. The highest BCUT2D eigenvalue weighted by Gasteiger charge is 2.15. The van der Waals surface area contributed by atoms with Crippen LogP contribution in [-0.2, 0) is 4.74 Å². The first kappa shape index (κ1) is 12.7. The largest absolute Gasteiger partial charge is 0.461 e. The molecular weight excluding hydrogens is 305 g/mol. The molecule has 0 radical (unpaired) electrons. The minimum Gasteiger partial charge on any atom is -0.461 e. The number of carbonyl (C=O) groups excluding carboxylic acids is 1. The van der Waals surface area contributed by atoms with Gasteiger partial charge in [0, 0.05) is 4.47 Å². The Kier molecular flexibility index (Phi) is 3.71. The molecule has 0 aliphatic carbocycles. The summed E-state index contributed by atoms with van der Waals surface area (Å²) < 4.78 is 20.1. The lowest BCUT2D eigenvalue weighted by Gasteiger charge is -2.03. The molecule has 1 aromatic heterocycles. The molecule has 0 saturated carbocycles. The molecule has 0 fully saturated rings. The zero-order valence-corrected chi connectivity index (χ0v) is 11.0. The van der Waals surface area contributed by atoms with Crippen molar-refractivity contribution in [3.63, 3.8) is 0 Å². The summed E-state index contributed by atoms with van der Waals surface area (Å²) >= 11 is 3.22. The van der Waals surface area contributed by atoms with Crippen LogP contribution < -0.4 is 0 Å². The van der Waals surface area contributed by atoms with Crippen LogP contribution in [0.4, 0.5) is 4.39 Å². The van der Waals surface area contributed by atoms with Crippen LogP contribution in [-0.4, -0.2) is 27.6 Å². The number of aromatic nitrogens is 3. The number of esters is 1. The Hall–Kier alpha value is -1.76. The van der Waals surface area contributed by atoms with Crippen LogP contribution in [0, 0.1) is 5.82 Å². The molecule has 7 heteroatoms. The van der Waals surface area contributed by atoms with Gasteiger partial charge in [0.15, 0.2) is 5.69 Å². The van der Waals surface area contributed by atoms with Crippen molar-refractivity contribution < 1.29 is 13.9 Å². The molecule has 0 saturated heterocycles. The van der Waals surface area contributed by atoms with E-state index in [1.54, 1.807) is 19.1 Å². The molecule has 2 rings (SSSR count). The Morgan fingerprint density at radius 3 is 3.00 bits per heavy atom. The van der Waals surface area contributed by atoms with Gasteiger partial charge in [0.05, 0.1) is 12.8 Å². The summed E-state index contributed by atoms with van der Waals surface area (Å²) in [5, 5.41) is 7.35. The molecule has 0 unspecified atom stereocenters. The van der Waals surface area contributed by atoms with E-state index in [4.69, 9.17) is 4.74 Å². The second-order valence-corrected chi connectivity index (χ2v) is 4.19. The van der Waals surface area contributed by atoms with Crippen LogP contribution in [0.2, 0.25) is 0 Å². The predicted octanol–water partition coefficient (Wildman–Crippen LogP) is 2.35. The van der Waals surface area contributed by atoms with Crippen LogP contribution in [0.5, 0.6) is 0 Å². The van der Waals surface area contributed by atoms with Gasteiger partial charge in [-0.1, -0.05) is 11.3 Å². The second-order valence-electron chi connectivity index (χ2n) is 3.34. The molecule has 2 aromatic rings. The quantitative estimate of drug-likeness (QED) is 0.816. The maximum Gasteiger partial charge on any atom is 0.360 e. The Balaban J connectivity index is 2.38. The monoisotopic (exact) mass is 313 g/mol. The van der Waals surface area contributed by atoms with E-state index >= 15 is 0 Å². The van der Waals surface area contributed by atoms with Crippen molar-refractivity contribution in [2.75, 3.05) is 6.61 Å². The van der Waals surface area contributed by atoms with Crippen LogP contribution >= 0.6 is 15.9 Å². The zero-order valence-electron chi connectivity index (χ0n) is 9.43. The molecule has 0 amide bonds. The van der Waals surface area contributed by atoms with Crippen LogP contribution in [0.25, 0.3) is 5.69 Å². The van der Waals surface area contributed by atoms with Crippen molar-refractivity contribution in [3.05, 3.63) is 40.4 Å². The number of ether oxygens (including phenoxy) is 1. The number of benzene rings is 1. The van der Waals surface area contributed by atoms with Crippen molar-refractivity contribution >= 4 is 21.9 Å². The van der Waals surface area contributed by atoms with Crippen LogP contribution in [0.15, 0.2) is 28.9 Å². The van der Waals surface area contributed by atoms with Crippen LogP contribution in [0.1, 0.15) is 17.4 Å². The highest BCUT2D eigenvalue weighted by atomic mass is 79.9. The van der Waals surface area contributed by atoms with Crippen LogP contribution in [0.3, 0.4) is 0 Å². The van der Waals surface area contributed by atoms with E-state index in [2.05, 4.69) is 26.2 Å². The molecule has 1 heterocycles. The van der Waals surface area contributed by atoms with E-state index < -0.39 is 11.8 Å². The summed E-state index contributed by atoms with van der Waals surface area (Å²) in [4.78, 5) is 11.4. The van der Waals surface area contributed by atoms with E-state index in [-0.39, 0.29) is 18.0 Å². The van der Waals surface area contributed by atoms with Gasteiger partial charge in [-0.2, -0.15) is 0 Å². The van der Waals surface area contributed by atoms with E-state index in [0.29, 0.717) is 4.47 Å². The molecule has 1 aromatic carbocycles. The Morgan fingerprint density at radius 1 is 1.56 bits per heavy atom. The number of carbonyl (C=O) groups is 1. The first-order chi connectivity index (χ1) is 8.63. The van der Waals surface area contributed by atoms with Gasteiger partial charge in [-0.05, 0) is 35.0 Å². The third-order valence-corrected chi connectivity index (χ3v) is 2.78. The molecule has 0 N–H and O–H groups in total. The summed E-state index contributed by atoms with van der Waals surface area (Å²) in [5.41, 5.74) is 0.229. The smallest absolute Gasteiger partial charge is 0.360 e. The Morgan fingerprint density at radius 2 is 2.33 bits per heavy atom. The third-order valence-electron chi connectivity index (χ3n) is 2.14. The highest BCUT2D eigenvalue weighted by molar-refractivity contribution is 9.10. The van der Waals surface area contributed by atoms with Crippen molar-refractivity contribution in [2.24, 2.45) is 0 Å². The van der Waals surface area contributed by atoms with Gasteiger partial charge in [-0.15, -0.1) is 5.10 Å². The fourth-order valence-electron chi connectivity index (χ4n) is 1.38. The second kappa shape index (κ2) is 5.26. The maximum atomic E-state index is 13.7. The topological polar surface area (TPSA) is 57.0 Å². The average Bonchev–Trinajstić information content (AvgIpc) is 2.78. The molecule has 18 heavy (non-hydrogen) atoms. The summed E-state index contributed by atoms with van der Waals surface area (Å²) in [6, 6.07) is 4.53. The lowest BCUT2D eigenvalue weighted by atomic mass is 10.3. The van der Waals surface area contributed by atoms with Gasteiger partial charge < -0.3 is 4.74 Å². The number of hydrogen-bond donors (Lipinski definition) is 0. The molecule has 0 atom stereocenters. The summed E-state index contributed by atoms with van der Waals surface area (Å²) in [6.45, 7) is 1.94. The average molecular weight is 314 g/mol. The Labute approximate surface area is 111 Å². The number of hydrogen-bond acceptors (Lipinski definition) is 4. The number of rotatable bonds is 3. The van der Waals surface area contributed by atoms with E-state index in [0.717, 1.165) is 0 Å². The van der Waals surface area contributed by atoms with Crippen molar-refractivity contribution in [2.45, 2.75) is 6.92 Å². The maximum absolute atomic E-state index is 13.7. The van der Waals surface area contributed by atoms with Gasteiger partial charge in [-0.3, -0.25) is 0 Å². The van der Waals surface area contributed by atoms with Gasteiger partial charge >= 0.3 is 5.97 Å². The third kappa shape index (κ3) is 2.40. The van der Waals surface area contributed by atoms with Crippen molar-refractivity contribution in [1.82, 2.24) is 15.0 Å². The number of halogens is 2. The van der Waals surface area contributed by atoms with E-state index in [1.165, 1.54) is 16.9 Å². The molecule has 0 bridgehead atoms. The first-order valence-corrected chi connectivity index (χ1v) is 5.96. The molecule has 94 valence electrons. The molecule has 0 aliphatic heterocycles. The predicted molar refractivity (Wildman–Crippen MR) is 65.0 cm³/mol. The fourth-order valence-corrected chi connectivity index (χ4v) is 1.90. The van der Waals surface area contributed by atoms with Crippen molar-refractivity contribution in [1.29, 1.82) is 0 Å². The van der Waals surface area contributed by atoms with Gasteiger partial charge in [0.25, 0.3) is 0 Å². The molecule has 0 aliphatic rings. The van der Waals surface area contributed by atoms with Crippen molar-refractivity contribution in [3.8, 4) is 5.69 Å². The summed E-state index contributed by atoms with van der Waals surface area (Å²) in [7, 11) is 0.